The second-order valence-electron chi connectivity index (χ2n) is 6.61. The Hall–Kier alpha value is -2.08. The van der Waals surface area contributed by atoms with Gasteiger partial charge < -0.3 is 4.74 Å². The highest BCUT2D eigenvalue weighted by Gasteiger charge is 2.32. The van der Waals surface area contributed by atoms with Crippen molar-refractivity contribution in [1.29, 1.82) is 0 Å². The van der Waals surface area contributed by atoms with Gasteiger partial charge in [0.2, 0.25) is 0 Å². The molecule has 2 aromatic rings. The number of esters is 1. The van der Waals surface area contributed by atoms with Gasteiger partial charge in [0.05, 0.1) is 29.7 Å². The number of hydrogen-bond donors (Lipinski definition) is 0. The molecule has 2 aromatic carbocycles. The van der Waals surface area contributed by atoms with Crippen LogP contribution in [0.15, 0.2) is 59.5 Å². The van der Waals surface area contributed by atoms with E-state index in [9.17, 15) is 17.8 Å². The summed E-state index contributed by atoms with van der Waals surface area (Å²) in [4.78, 5) is 12.4. The Balaban J connectivity index is 2.10. The molecule has 0 N–H and O–H groups in total. The van der Waals surface area contributed by atoms with E-state index in [0.717, 1.165) is 11.1 Å². The van der Waals surface area contributed by atoms with Gasteiger partial charge in [-0.25, -0.2) is 0 Å². The molecule has 2 rings (SSSR count). The van der Waals surface area contributed by atoms with Crippen LogP contribution in [0, 0.1) is 12.8 Å². The van der Waals surface area contributed by atoms with Crippen LogP contribution in [-0.4, -0.2) is 33.3 Å². The van der Waals surface area contributed by atoms with Gasteiger partial charge in [0, 0.05) is 0 Å². The van der Waals surface area contributed by atoms with Crippen LogP contribution in [0.2, 0.25) is 0 Å². The molecular weight excluding hydrogens is 411 g/mol. The van der Waals surface area contributed by atoms with Gasteiger partial charge in [-0.3, -0.25) is 13.5 Å². The van der Waals surface area contributed by atoms with Crippen molar-refractivity contribution in [3.05, 3.63) is 65.7 Å². The maximum atomic E-state index is 12.4. The lowest BCUT2D eigenvalue weighted by Crippen LogP contribution is -2.31. The Bertz CT molecular complexity index is 897. The minimum atomic E-state index is -4.02. The number of benzene rings is 2. The van der Waals surface area contributed by atoms with E-state index in [-0.39, 0.29) is 26.6 Å². The first-order valence-electron chi connectivity index (χ1n) is 9.36. The van der Waals surface area contributed by atoms with Gasteiger partial charge in [-0.1, -0.05) is 48.0 Å². The van der Waals surface area contributed by atoms with Crippen molar-refractivity contribution in [2.75, 3.05) is 13.2 Å². The van der Waals surface area contributed by atoms with E-state index >= 15 is 0 Å². The third kappa shape index (κ3) is 7.03. The quantitative estimate of drug-likeness (QED) is 0.298. The molecule has 0 heterocycles. The van der Waals surface area contributed by atoms with Crippen molar-refractivity contribution >= 4 is 24.5 Å². The lowest BCUT2D eigenvalue weighted by atomic mass is 9.96. The van der Waals surface area contributed by atoms with Gasteiger partial charge >= 0.3 is 5.97 Å². The predicted molar refractivity (Wildman–Crippen MR) is 111 cm³/mol. The minimum absolute atomic E-state index is 0.0152. The maximum absolute atomic E-state index is 12.4. The molecule has 0 aromatic heterocycles. The summed E-state index contributed by atoms with van der Waals surface area (Å²) in [5.74, 6) is -1.25. The molecule has 0 saturated carbocycles. The fourth-order valence-corrected chi connectivity index (χ4v) is 4.42. The van der Waals surface area contributed by atoms with E-state index < -0.39 is 27.7 Å². The molecule has 0 spiro atoms. The van der Waals surface area contributed by atoms with Crippen LogP contribution in [0.25, 0.3) is 0 Å². The number of rotatable bonds is 11. The molecule has 2 atom stereocenters. The molecule has 0 amide bonds. The highest BCUT2D eigenvalue weighted by Crippen LogP contribution is 2.26. The van der Waals surface area contributed by atoms with Crippen molar-refractivity contribution in [2.45, 2.75) is 37.2 Å². The van der Waals surface area contributed by atoms with Gasteiger partial charge in [-0.15, -0.1) is 0 Å². The summed E-state index contributed by atoms with van der Waals surface area (Å²) < 4.78 is 46.9. The summed E-state index contributed by atoms with van der Waals surface area (Å²) in [6.45, 7) is 3.35. The summed E-state index contributed by atoms with van der Waals surface area (Å²) in [6, 6.07) is 15.8. The number of carbonyl (C=O) groups excluding carboxylic acids is 1. The Kier molecular flexibility index (Phi) is 8.96. The molecule has 2 unspecified atom stereocenters. The van der Waals surface area contributed by atoms with E-state index in [2.05, 4.69) is 0 Å². The monoisotopic (exact) mass is 436 g/mol. The standard InChI is InChI=1S/C21H25O6PS/c1-3-26-21(22)19(14-11-17-7-5-4-6-8-17)20(28-23)15-27-29(24,25)18-12-9-16(2)10-13-18/h4-10,12-13,19-20H,3,11,14-15H2,1-2H3. The first kappa shape index (κ1) is 23.2. The molecule has 8 heteroatoms. The number of aryl methyl sites for hydroxylation is 2. The van der Waals surface area contributed by atoms with Crippen LogP contribution in [0.5, 0.6) is 0 Å². The summed E-state index contributed by atoms with van der Waals surface area (Å²) in [5.41, 5.74) is 1.11. The number of hydrogen-bond acceptors (Lipinski definition) is 6. The average Bonchev–Trinajstić information content (AvgIpc) is 2.71. The second-order valence-corrected chi connectivity index (χ2v) is 9.10. The molecule has 0 aliphatic carbocycles. The van der Waals surface area contributed by atoms with Crippen LogP contribution in [0.4, 0.5) is 0 Å². The van der Waals surface area contributed by atoms with Gasteiger partial charge in [-0.2, -0.15) is 8.42 Å². The van der Waals surface area contributed by atoms with Crippen molar-refractivity contribution < 1.29 is 26.7 Å². The second kappa shape index (κ2) is 11.2. The fraction of sp³-hybridized carbons (Fsp3) is 0.381. The van der Waals surface area contributed by atoms with Crippen LogP contribution in [-0.2, 0) is 34.8 Å². The van der Waals surface area contributed by atoms with Gasteiger partial charge in [0.15, 0.2) is 8.46 Å². The van der Waals surface area contributed by atoms with Crippen molar-refractivity contribution in [3.8, 4) is 0 Å². The first-order chi connectivity index (χ1) is 13.9. The molecule has 6 nitrogen and oxygen atoms in total. The fourth-order valence-electron chi connectivity index (χ4n) is 2.84. The van der Waals surface area contributed by atoms with Gasteiger partial charge in [0.1, 0.15) is 0 Å². The van der Waals surface area contributed by atoms with E-state index in [1.165, 1.54) is 12.1 Å². The van der Waals surface area contributed by atoms with Gasteiger partial charge in [-0.05, 0) is 44.4 Å². The average molecular weight is 436 g/mol. The summed E-state index contributed by atoms with van der Waals surface area (Å²) >= 11 is 0. The first-order valence-corrected chi connectivity index (χ1v) is 11.7. The van der Waals surface area contributed by atoms with Gasteiger partial charge in [0.25, 0.3) is 10.1 Å². The Morgan fingerprint density at radius 3 is 2.31 bits per heavy atom. The summed E-state index contributed by atoms with van der Waals surface area (Å²) in [6.07, 6.45) is 0.942. The number of carbonyl (C=O) groups is 1. The molecule has 0 radical (unpaired) electrons. The maximum Gasteiger partial charge on any atom is 0.310 e. The van der Waals surface area contributed by atoms with Crippen LogP contribution in [0.3, 0.4) is 0 Å². The van der Waals surface area contributed by atoms with E-state index in [1.807, 2.05) is 37.3 Å². The minimum Gasteiger partial charge on any atom is -0.466 e. The van der Waals surface area contributed by atoms with E-state index in [4.69, 9.17) is 8.92 Å². The van der Waals surface area contributed by atoms with E-state index in [1.54, 1.807) is 19.1 Å². The normalized spacial score (nSPS) is 13.7. The Morgan fingerprint density at radius 2 is 1.72 bits per heavy atom. The zero-order chi connectivity index (χ0) is 21.3. The van der Waals surface area contributed by atoms with Crippen molar-refractivity contribution in [1.82, 2.24) is 0 Å². The summed E-state index contributed by atoms with van der Waals surface area (Å²) in [5, 5.41) is 0. The largest absolute Gasteiger partial charge is 0.466 e. The highest BCUT2D eigenvalue weighted by molar-refractivity contribution is 7.86. The molecule has 0 aliphatic rings. The van der Waals surface area contributed by atoms with Crippen molar-refractivity contribution in [3.63, 3.8) is 0 Å². The highest BCUT2D eigenvalue weighted by atomic mass is 32.2. The third-order valence-corrected chi connectivity index (χ3v) is 6.56. The third-order valence-electron chi connectivity index (χ3n) is 4.48. The zero-order valence-corrected chi connectivity index (χ0v) is 18.2. The van der Waals surface area contributed by atoms with Crippen LogP contribution >= 0.6 is 8.46 Å². The zero-order valence-electron chi connectivity index (χ0n) is 16.5. The van der Waals surface area contributed by atoms with E-state index in [0.29, 0.717) is 12.8 Å². The Labute approximate surface area is 173 Å². The Morgan fingerprint density at radius 1 is 1.07 bits per heavy atom. The molecule has 0 aliphatic heterocycles. The smallest absolute Gasteiger partial charge is 0.310 e. The van der Waals surface area contributed by atoms with Crippen molar-refractivity contribution in [2.24, 2.45) is 5.92 Å². The molecular formula is C21H25O6PS. The SMILES string of the molecule is CCOC(=O)C(CCc1ccccc1)C(COS(=O)(=O)c1ccc(C)cc1)P=O. The predicted octanol–water partition coefficient (Wildman–Crippen LogP) is 4.17. The lowest BCUT2D eigenvalue weighted by Gasteiger charge is -2.20. The van der Waals surface area contributed by atoms with Crippen LogP contribution < -0.4 is 0 Å². The molecule has 0 bridgehead atoms. The molecule has 0 fully saturated rings. The molecule has 156 valence electrons. The molecule has 29 heavy (non-hydrogen) atoms. The topological polar surface area (TPSA) is 86.7 Å². The van der Waals surface area contributed by atoms with Crippen LogP contribution in [0.1, 0.15) is 24.5 Å². The molecule has 0 saturated heterocycles. The number of ether oxygens (including phenoxy) is 1. The lowest BCUT2D eigenvalue weighted by molar-refractivity contribution is -0.148. The summed E-state index contributed by atoms with van der Waals surface area (Å²) in [7, 11) is -4.39.